The van der Waals surface area contributed by atoms with Gasteiger partial charge in [-0.3, -0.25) is 0 Å². The van der Waals surface area contributed by atoms with E-state index in [1.165, 1.54) is 12.1 Å². The third-order valence-electron chi connectivity index (χ3n) is 2.67. The summed E-state index contributed by atoms with van der Waals surface area (Å²) in [6, 6.07) is 11.6. The predicted octanol–water partition coefficient (Wildman–Crippen LogP) is 3.40. The molecule has 0 unspecified atom stereocenters. The Balaban J connectivity index is 2.80. The van der Waals surface area contributed by atoms with Crippen LogP contribution < -0.4 is 0 Å². The van der Waals surface area contributed by atoms with Crippen LogP contribution in [0.15, 0.2) is 42.5 Å². The Kier molecular flexibility index (Phi) is 3.53. The van der Waals surface area contributed by atoms with Crippen LogP contribution in [0.2, 0.25) is 5.02 Å². The van der Waals surface area contributed by atoms with Crippen molar-refractivity contribution in [1.29, 1.82) is 0 Å². The minimum absolute atomic E-state index is 0.0930. The zero-order valence-corrected chi connectivity index (χ0v) is 10.4. The number of hydrogen-bond donors (Lipinski definition) is 2. The lowest BCUT2D eigenvalue weighted by atomic mass is 9.95. The Labute approximate surface area is 113 Å². The normalized spacial score (nSPS) is 10.2. The van der Waals surface area contributed by atoms with E-state index in [0.29, 0.717) is 11.1 Å². The first kappa shape index (κ1) is 13.1. The van der Waals surface area contributed by atoms with Gasteiger partial charge in [-0.1, -0.05) is 48.0 Å². The minimum Gasteiger partial charge on any atom is -0.478 e. The van der Waals surface area contributed by atoms with E-state index in [2.05, 4.69) is 0 Å². The van der Waals surface area contributed by atoms with Gasteiger partial charge < -0.3 is 10.2 Å². The smallest absolute Gasteiger partial charge is 0.338 e. The fourth-order valence-corrected chi connectivity index (χ4v) is 2.11. The molecule has 0 aliphatic heterocycles. The monoisotopic (exact) mass is 276 g/mol. The van der Waals surface area contributed by atoms with E-state index in [1.807, 2.05) is 0 Å². The second kappa shape index (κ2) is 5.12. The summed E-state index contributed by atoms with van der Waals surface area (Å²) in [4.78, 5) is 22.5. The molecule has 0 aliphatic rings. The summed E-state index contributed by atoms with van der Waals surface area (Å²) in [7, 11) is 0. The van der Waals surface area contributed by atoms with Crippen molar-refractivity contribution in [3.05, 3.63) is 58.6 Å². The molecule has 2 N–H and O–H groups in total. The molecular formula is C14H9ClO4. The average Bonchev–Trinajstić information content (AvgIpc) is 2.38. The largest absolute Gasteiger partial charge is 0.478 e. The van der Waals surface area contributed by atoms with Crippen molar-refractivity contribution in [3.8, 4) is 11.1 Å². The summed E-state index contributed by atoms with van der Waals surface area (Å²) in [5.41, 5.74) is 0.260. The highest BCUT2D eigenvalue weighted by molar-refractivity contribution is 6.34. The predicted molar refractivity (Wildman–Crippen MR) is 70.8 cm³/mol. The highest BCUT2D eigenvalue weighted by Gasteiger charge is 2.23. The maximum absolute atomic E-state index is 11.4. The van der Waals surface area contributed by atoms with Crippen molar-refractivity contribution >= 4 is 23.5 Å². The molecule has 2 aromatic rings. The topological polar surface area (TPSA) is 74.6 Å². The lowest BCUT2D eigenvalue weighted by Gasteiger charge is -2.10. The van der Waals surface area contributed by atoms with Crippen LogP contribution in [0.3, 0.4) is 0 Å². The number of halogens is 1. The molecule has 0 saturated heterocycles. The van der Waals surface area contributed by atoms with Crippen LogP contribution in [-0.4, -0.2) is 22.2 Å². The Bertz CT molecular complexity index is 650. The first-order valence-corrected chi connectivity index (χ1v) is 5.74. The van der Waals surface area contributed by atoms with E-state index >= 15 is 0 Å². The standard InChI is InChI=1S/C14H9ClO4/c15-10-7-6-9(8-4-2-1-3-5-8)11(13(16)17)12(10)14(18)19/h1-7H,(H,16,17)(H,18,19). The van der Waals surface area contributed by atoms with Gasteiger partial charge in [-0.05, 0) is 17.2 Å². The molecule has 0 saturated carbocycles. The number of carboxylic acids is 2. The molecule has 0 bridgehead atoms. The van der Waals surface area contributed by atoms with Crippen molar-refractivity contribution in [3.63, 3.8) is 0 Å². The molecule has 0 fully saturated rings. The van der Waals surface area contributed by atoms with Gasteiger partial charge in [0.15, 0.2) is 0 Å². The third-order valence-corrected chi connectivity index (χ3v) is 2.98. The lowest BCUT2D eigenvalue weighted by Crippen LogP contribution is -2.10. The highest BCUT2D eigenvalue weighted by atomic mass is 35.5. The van der Waals surface area contributed by atoms with Gasteiger partial charge in [-0.25, -0.2) is 9.59 Å². The summed E-state index contributed by atoms with van der Waals surface area (Å²) < 4.78 is 0. The van der Waals surface area contributed by atoms with Crippen LogP contribution in [0.1, 0.15) is 20.7 Å². The van der Waals surface area contributed by atoms with Gasteiger partial charge in [0.2, 0.25) is 0 Å². The van der Waals surface area contributed by atoms with Crippen LogP contribution >= 0.6 is 11.6 Å². The van der Waals surface area contributed by atoms with E-state index < -0.39 is 17.5 Å². The Morgan fingerprint density at radius 3 is 1.95 bits per heavy atom. The van der Waals surface area contributed by atoms with Crippen LogP contribution in [0, 0.1) is 0 Å². The molecule has 0 heterocycles. The molecule has 4 nitrogen and oxygen atoms in total. The third kappa shape index (κ3) is 2.44. The quantitative estimate of drug-likeness (QED) is 0.901. The molecule has 0 radical (unpaired) electrons. The highest BCUT2D eigenvalue weighted by Crippen LogP contribution is 2.31. The molecule has 0 spiro atoms. The molecule has 19 heavy (non-hydrogen) atoms. The van der Waals surface area contributed by atoms with Gasteiger partial charge in [0, 0.05) is 0 Å². The molecule has 0 aliphatic carbocycles. The summed E-state index contributed by atoms with van der Waals surface area (Å²) in [6.45, 7) is 0. The Morgan fingerprint density at radius 2 is 1.42 bits per heavy atom. The van der Waals surface area contributed by atoms with E-state index in [9.17, 15) is 14.7 Å². The molecular weight excluding hydrogens is 268 g/mol. The second-order valence-corrected chi connectivity index (χ2v) is 4.23. The number of carboxylic acid groups (broad SMARTS) is 2. The number of hydrogen-bond acceptors (Lipinski definition) is 2. The SMILES string of the molecule is O=C(O)c1c(Cl)ccc(-c2ccccc2)c1C(=O)O. The fourth-order valence-electron chi connectivity index (χ4n) is 1.87. The van der Waals surface area contributed by atoms with Gasteiger partial charge in [-0.2, -0.15) is 0 Å². The first-order chi connectivity index (χ1) is 9.02. The molecule has 2 aromatic carbocycles. The number of rotatable bonds is 3. The Hall–Kier alpha value is -2.33. The maximum atomic E-state index is 11.4. The average molecular weight is 277 g/mol. The Morgan fingerprint density at radius 1 is 0.842 bits per heavy atom. The summed E-state index contributed by atoms with van der Waals surface area (Å²) in [5, 5.41) is 18.3. The zero-order valence-electron chi connectivity index (χ0n) is 9.63. The van der Waals surface area contributed by atoms with Crippen LogP contribution in [0.5, 0.6) is 0 Å². The first-order valence-electron chi connectivity index (χ1n) is 5.37. The molecule has 0 aromatic heterocycles. The van der Waals surface area contributed by atoms with E-state index in [4.69, 9.17) is 16.7 Å². The van der Waals surface area contributed by atoms with Gasteiger partial charge in [0.1, 0.15) is 0 Å². The van der Waals surface area contributed by atoms with Gasteiger partial charge in [0.05, 0.1) is 16.1 Å². The zero-order chi connectivity index (χ0) is 14.0. The van der Waals surface area contributed by atoms with Gasteiger partial charge in [-0.15, -0.1) is 0 Å². The number of aromatic carboxylic acids is 2. The fraction of sp³-hybridized carbons (Fsp3) is 0. The van der Waals surface area contributed by atoms with Crippen LogP contribution in [-0.2, 0) is 0 Å². The lowest BCUT2D eigenvalue weighted by molar-refractivity contribution is 0.0652. The molecule has 0 amide bonds. The van der Waals surface area contributed by atoms with Crippen molar-refractivity contribution in [1.82, 2.24) is 0 Å². The number of carbonyl (C=O) groups is 2. The minimum atomic E-state index is -1.36. The molecule has 96 valence electrons. The molecule has 2 rings (SSSR count). The summed E-state index contributed by atoms with van der Waals surface area (Å²) >= 11 is 5.78. The number of benzene rings is 2. The second-order valence-electron chi connectivity index (χ2n) is 3.82. The van der Waals surface area contributed by atoms with Crippen LogP contribution in [0.4, 0.5) is 0 Å². The summed E-state index contributed by atoms with van der Waals surface area (Å²) in [5.74, 6) is -2.68. The van der Waals surface area contributed by atoms with Gasteiger partial charge >= 0.3 is 11.9 Å². The van der Waals surface area contributed by atoms with E-state index in [-0.39, 0.29) is 10.6 Å². The van der Waals surface area contributed by atoms with Crippen LogP contribution in [0.25, 0.3) is 11.1 Å². The van der Waals surface area contributed by atoms with Crippen molar-refractivity contribution in [2.24, 2.45) is 0 Å². The maximum Gasteiger partial charge on any atom is 0.338 e. The van der Waals surface area contributed by atoms with Gasteiger partial charge in [0.25, 0.3) is 0 Å². The van der Waals surface area contributed by atoms with Crippen molar-refractivity contribution < 1.29 is 19.8 Å². The molecule has 0 atom stereocenters. The van der Waals surface area contributed by atoms with Crippen molar-refractivity contribution in [2.45, 2.75) is 0 Å². The van der Waals surface area contributed by atoms with Crippen molar-refractivity contribution in [2.75, 3.05) is 0 Å². The van der Waals surface area contributed by atoms with E-state index in [1.54, 1.807) is 30.3 Å². The summed E-state index contributed by atoms with van der Waals surface area (Å²) in [6.07, 6.45) is 0. The molecule has 5 heteroatoms. The van der Waals surface area contributed by atoms with E-state index in [0.717, 1.165) is 0 Å².